The number of hydrogen-bond acceptors (Lipinski definition) is 3. The molecule has 2 aliphatic carbocycles. The standard InChI is InChI=1S/C20H37NO3/c22-20(17-19-9-5-6-10-19)21-12-14-24-16-15-23-13-11-18-7-3-1-2-4-8-18/h18-19H,1-17H2,(H,21,22). The minimum atomic E-state index is 0.185. The zero-order valence-electron chi connectivity index (χ0n) is 15.4. The predicted molar refractivity (Wildman–Crippen MR) is 97.0 cm³/mol. The molecule has 0 aromatic rings. The van der Waals surface area contributed by atoms with Gasteiger partial charge in [0, 0.05) is 19.6 Å². The van der Waals surface area contributed by atoms with E-state index in [9.17, 15) is 4.79 Å². The van der Waals surface area contributed by atoms with E-state index >= 15 is 0 Å². The van der Waals surface area contributed by atoms with E-state index < -0.39 is 0 Å². The maximum Gasteiger partial charge on any atom is 0.220 e. The first-order valence-corrected chi connectivity index (χ1v) is 10.3. The monoisotopic (exact) mass is 339 g/mol. The highest BCUT2D eigenvalue weighted by atomic mass is 16.5. The molecule has 2 aliphatic rings. The van der Waals surface area contributed by atoms with E-state index in [-0.39, 0.29) is 5.91 Å². The zero-order valence-corrected chi connectivity index (χ0v) is 15.4. The van der Waals surface area contributed by atoms with Crippen molar-refractivity contribution in [3.63, 3.8) is 0 Å². The topological polar surface area (TPSA) is 47.6 Å². The van der Waals surface area contributed by atoms with Crippen LogP contribution < -0.4 is 5.32 Å². The summed E-state index contributed by atoms with van der Waals surface area (Å²) in [6.07, 6.45) is 15.4. The normalized spacial score (nSPS) is 20.2. The number of amides is 1. The van der Waals surface area contributed by atoms with Gasteiger partial charge in [0.05, 0.1) is 19.8 Å². The molecule has 0 aromatic carbocycles. The van der Waals surface area contributed by atoms with Gasteiger partial charge in [-0.2, -0.15) is 0 Å². The molecule has 0 bridgehead atoms. The summed E-state index contributed by atoms with van der Waals surface area (Å²) >= 11 is 0. The third kappa shape index (κ3) is 9.03. The van der Waals surface area contributed by atoms with Crippen molar-refractivity contribution in [3.8, 4) is 0 Å². The van der Waals surface area contributed by atoms with Crippen LogP contribution in [0.2, 0.25) is 0 Å². The Morgan fingerprint density at radius 1 is 0.750 bits per heavy atom. The molecule has 1 N–H and O–H groups in total. The summed E-state index contributed by atoms with van der Waals surface area (Å²) in [4.78, 5) is 11.8. The summed E-state index contributed by atoms with van der Waals surface area (Å²) in [5.74, 6) is 1.68. The quantitative estimate of drug-likeness (QED) is 0.456. The Bertz CT molecular complexity index is 321. The van der Waals surface area contributed by atoms with E-state index in [1.54, 1.807) is 0 Å². The molecule has 0 aliphatic heterocycles. The molecule has 140 valence electrons. The molecular weight excluding hydrogens is 302 g/mol. The lowest BCUT2D eigenvalue weighted by Crippen LogP contribution is -2.28. The molecule has 0 spiro atoms. The average molecular weight is 340 g/mol. The number of nitrogens with one attached hydrogen (secondary N) is 1. The van der Waals surface area contributed by atoms with Gasteiger partial charge in [-0.3, -0.25) is 4.79 Å². The Labute approximate surface area is 148 Å². The minimum absolute atomic E-state index is 0.185. The van der Waals surface area contributed by atoms with Gasteiger partial charge in [-0.15, -0.1) is 0 Å². The third-order valence-electron chi connectivity index (χ3n) is 5.53. The summed E-state index contributed by atoms with van der Waals surface area (Å²) in [5, 5.41) is 2.96. The molecule has 24 heavy (non-hydrogen) atoms. The van der Waals surface area contributed by atoms with E-state index in [0.717, 1.165) is 12.5 Å². The van der Waals surface area contributed by atoms with Crippen LogP contribution in [0.4, 0.5) is 0 Å². The van der Waals surface area contributed by atoms with Crippen molar-refractivity contribution in [3.05, 3.63) is 0 Å². The lowest BCUT2D eigenvalue weighted by atomic mass is 9.97. The Kier molecular flexibility index (Phi) is 10.4. The fourth-order valence-corrected chi connectivity index (χ4v) is 4.04. The van der Waals surface area contributed by atoms with Crippen LogP contribution in [0.1, 0.15) is 77.0 Å². The van der Waals surface area contributed by atoms with Crippen LogP contribution >= 0.6 is 0 Å². The highest BCUT2D eigenvalue weighted by Gasteiger charge is 2.17. The number of carbonyl (C=O) groups is 1. The number of carbonyl (C=O) groups excluding carboxylic acids is 1. The van der Waals surface area contributed by atoms with Crippen LogP contribution in [0.25, 0.3) is 0 Å². The van der Waals surface area contributed by atoms with E-state index in [2.05, 4.69) is 5.32 Å². The van der Waals surface area contributed by atoms with E-state index in [4.69, 9.17) is 9.47 Å². The second-order valence-corrected chi connectivity index (χ2v) is 7.58. The molecule has 2 fully saturated rings. The van der Waals surface area contributed by atoms with E-state index in [0.29, 0.717) is 38.7 Å². The lowest BCUT2D eigenvalue weighted by molar-refractivity contribution is -0.122. The molecule has 4 heteroatoms. The van der Waals surface area contributed by atoms with Gasteiger partial charge >= 0.3 is 0 Å². The number of rotatable bonds is 11. The van der Waals surface area contributed by atoms with Crippen molar-refractivity contribution in [1.82, 2.24) is 5.32 Å². The minimum Gasteiger partial charge on any atom is -0.379 e. The largest absolute Gasteiger partial charge is 0.379 e. The lowest BCUT2D eigenvalue weighted by Gasteiger charge is -2.14. The average Bonchev–Trinajstić information content (AvgIpc) is 2.94. The maximum absolute atomic E-state index is 11.8. The number of ether oxygens (including phenoxy) is 2. The summed E-state index contributed by atoms with van der Waals surface area (Å²) in [7, 11) is 0. The second kappa shape index (κ2) is 12.7. The van der Waals surface area contributed by atoms with Gasteiger partial charge < -0.3 is 14.8 Å². The van der Waals surface area contributed by atoms with Crippen molar-refractivity contribution < 1.29 is 14.3 Å². The molecule has 0 aromatic heterocycles. The SMILES string of the molecule is O=C(CC1CCCC1)NCCOCCOCCC1CCCCCC1. The molecule has 0 heterocycles. The Balaban J connectivity index is 1.33. The van der Waals surface area contributed by atoms with Gasteiger partial charge in [-0.1, -0.05) is 51.4 Å². The van der Waals surface area contributed by atoms with Crippen molar-refractivity contribution in [2.75, 3.05) is 33.0 Å². The van der Waals surface area contributed by atoms with Crippen molar-refractivity contribution >= 4 is 5.91 Å². The molecule has 1 amide bonds. The van der Waals surface area contributed by atoms with Crippen molar-refractivity contribution in [1.29, 1.82) is 0 Å². The summed E-state index contributed by atoms with van der Waals surface area (Å²) in [5.41, 5.74) is 0. The molecule has 2 rings (SSSR count). The van der Waals surface area contributed by atoms with Crippen LogP contribution in [0.5, 0.6) is 0 Å². The highest BCUT2D eigenvalue weighted by molar-refractivity contribution is 5.76. The summed E-state index contributed by atoms with van der Waals surface area (Å²) in [6, 6.07) is 0. The Morgan fingerprint density at radius 2 is 1.33 bits per heavy atom. The smallest absolute Gasteiger partial charge is 0.220 e. The van der Waals surface area contributed by atoms with Crippen LogP contribution in [0.3, 0.4) is 0 Å². The van der Waals surface area contributed by atoms with E-state index in [1.807, 2.05) is 0 Å². The van der Waals surface area contributed by atoms with Gasteiger partial charge in [0.2, 0.25) is 5.91 Å². The first kappa shape index (κ1) is 19.7. The van der Waals surface area contributed by atoms with Gasteiger partial charge in [0.1, 0.15) is 0 Å². The summed E-state index contributed by atoms with van der Waals surface area (Å²) in [6.45, 7) is 3.37. The van der Waals surface area contributed by atoms with Gasteiger partial charge in [0.15, 0.2) is 0 Å². The predicted octanol–water partition coefficient (Wildman–Crippen LogP) is 4.08. The van der Waals surface area contributed by atoms with Gasteiger partial charge in [-0.05, 0) is 31.1 Å². The third-order valence-corrected chi connectivity index (χ3v) is 5.53. The van der Waals surface area contributed by atoms with Crippen molar-refractivity contribution in [2.24, 2.45) is 11.8 Å². The zero-order chi connectivity index (χ0) is 16.9. The van der Waals surface area contributed by atoms with Gasteiger partial charge in [-0.25, -0.2) is 0 Å². The Hall–Kier alpha value is -0.610. The van der Waals surface area contributed by atoms with Crippen molar-refractivity contribution in [2.45, 2.75) is 77.0 Å². The van der Waals surface area contributed by atoms with Crippen LogP contribution in [-0.4, -0.2) is 38.9 Å². The van der Waals surface area contributed by atoms with Crippen LogP contribution in [0, 0.1) is 11.8 Å². The fraction of sp³-hybridized carbons (Fsp3) is 0.950. The van der Waals surface area contributed by atoms with Gasteiger partial charge in [0.25, 0.3) is 0 Å². The molecule has 0 atom stereocenters. The molecule has 0 radical (unpaired) electrons. The number of hydrogen-bond donors (Lipinski definition) is 1. The molecular formula is C20H37NO3. The molecule has 0 unspecified atom stereocenters. The summed E-state index contributed by atoms with van der Waals surface area (Å²) < 4.78 is 11.2. The second-order valence-electron chi connectivity index (χ2n) is 7.58. The Morgan fingerprint density at radius 3 is 2.04 bits per heavy atom. The van der Waals surface area contributed by atoms with Crippen LogP contribution in [-0.2, 0) is 14.3 Å². The first-order valence-electron chi connectivity index (χ1n) is 10.3. The molecule has 4 nitrogen and oxygen atoms in total. The molecule has 0 saturated heterocycles. The van der Waals surface area contributed by atoms with E-state index in [1.165, 1.54) is 70.6 Å². The van der Waals surface area contributed by atoms with Crippen LogP contribution in [0.15, 0.2) is 0 Å². The highest BCUT2D eigenvalue weighted by Crippen LogP contribution is 2.27. The first-order chi connectivity index (χ1) is 11.8. The molecule has 2 saturated carbocycles. The fourth-order valence-electron chi connectivity index (χ4n) is 4.04. The maximum atomic E-state index is 11.8.